The molecule has 0 aliphatic carbocycles. The van der Waals surface area contributed by atoms with E-state index in [-0.39, 0.29) is 42.4 Å². The van der Waals surface area contributed by atoms with Crippen molar-refractivity contribution in [2.45, 2.75) is 56.4 Å². The number of hydrogen-bond donors (Lipinski definition) is 1. The standard InChI is InChI=1S/C35H35Cl2FN4O5/c1-45-35(44)27-11-30(38)26(12-31(27)42-22-7-8-23(42)17-46-16-22)25-4-2-3-19-14-40(18-47-33(19)25)34(43)32-28(36)9-24(10-29(32)37)41-15-20-5-6-21(41)13-39-20/h2-4,9-12,20-23,39H,5-8,13-18H2,1H3/t20-,21?,22?,23?/m0/s1. The number of piperazine rings is 1. The predicted molar refractivity (Wildman–Crippen MR) is 177 cm³/mol. The maximum absolute atomic E-state index is 15.9. The molecule has 1 amide bonds. The molecule has 0 spiro atoms. The zero-order valence-electron chi connectivity index (χ0n) is 25.9. The van der Waals surface area contributed by atoms with Crippen molar-refractivity contribution in [1.82, 2.24) is 10.2 Å². The molecule has 6 heterocycles. The number of para-hydroxylation sites is 1. The van der Waals surface area contributed by atoms with Crippen LogP contribution in [-0.2, 0) is 16.0 Å². The molecule has 5 fully saturated rings. The summed E-state index contributed by atoms with van der Waals surface area (Å²) in [6.07, 6.45) is 4.12. The molecule has 9 rings (SSSR count). The van der Waals surface area contributed by atoms with Crippen LogP contribution in [0.15, 0.2) is 42.5 Å². The lowest BCUT2D eigenvalue weighted by molar-refractivity contribution is 0.0515. The Morgan fingerprint density at radius 2 is 1.72 bits per heavy atom. The molecular weight excluding hydrogens is 646 g/mol. The van der Waals surface area contributed by atoms with Crippen LogP contribution in [0.5, 0.6) is 5.75 Å². The van der Waals surface area contributed by atoms with Gasteiger partial charge in [0, 0.05) is 47.6 Å². The van der Waals surface area contributed by atoms with Crippen LogP contribution in [0.4, 0.5) is 15.8 Å². The first kappa shape index (κ1) is 30.7. The summed E-state index contributed by atoms with van der Waals surface area (Å²) in [5.41, 5.74) is 3.51. The Hall–Kier alpha value is -3.57. The van der Waals surface area contributed by atoms with Gasteiger partial charge in [0.15, 0.2) is 6.73 Å². The molecule has 0 saturated carbocycles. The number of anilines is 2. The Balaban J connectivity index is 1.09. The fourth-order valence-electron chi connectivity index (χ4n) is 8.01. The molecule has 4 bridgehead atoms. The minimum atomic E-state index is -0.595. The predicted octanol–water partition coefficient (Wildman–Crippen LogP) is 5.89. The van der Waals surface area contributed by atoms with E-state index < -0.39 is 11.8 Å². The fraction of sp³-hybridized carbons (Fsp3) is 0.429. The Labute approximate surface area is 282 Å². The summed E-state index contributed by atoms with van der Waals surface area (Å²) in [6.45, 7) is 3.05. The third kappa shape index (κ3) is 5.30. The van der Waals surface area contributed by atoms with Crippen LogP contribution in [0, 0.1) is 5.82 Å². The molecule has 246 valence electrons. The number of nitrogens with one attached hydrogen (secondary N) is 1. The van der Waals surface area contributed by atoms with Crippen molar-refractivity contribution < 1.29 is 28.2 Å². The Morgan fingerprint density at radius 3 is 2.38 bits per heavy atom. The quantitative estimate of drug-likeness (QED) is 0.335. The highest BCUT2D eigenvalue weighted by Crippen LogP contribution is 2.44. The Morgan fingerprint density at radius 1 is 0.979 bits per heavy atom. The van der Waals surface area contributed by atoms with Gasteiger partial charge in [-0.2, -0.15) is 0 Å². The summed E-state index contributed by atoms with van der Waals surface area (Å²) in [7, 11) is 1.30. The molecule has 47 heavy (non-hydrogen) atoms. The molecule has 4 atom stereocenters. The van der Waals surface area contributed by atoms with Crippen LogP contribution >= 0.6 is 23.2 Å². The number of carbonyl (C=O) groups is 2. The van der Waals surface area contributed by atoms with E-state index in [1.165, 1.54) is 13.2 Å². The minimum Gasteiger partial charge on any atom is -0.472 e. The van der Waals surface area contributed by atoms with Gasteiger partial charge in [0.05, 0.1) is 65.8 Å². The number of benzene rings is 3. The summed E-state index contributed by atoms with van der Waals surface area (Å²) in [6, 6.07) is 13.1. The number of rotatable bonds is 5. The van der Waals surface area contributed by atoms with Gasteiger partial charge in [0.1, 0.15) is 11.6 Å². The summed E-state index contributed by atoms with van der Waals surface area (Å²) >= 11 is 13.5. The first-order valence-electron chi connectivity index (χ1n) is 16.1. The number of hydrogen-bond acceptors (Lipinski definition) is 8. The van der Waals surface area contributed by atoms with E-state index >= 15 is 4.39 Å². The molecule has 0 aromatic heterocycles. The number of halogens is 3. The first-order valence-corrected chi connectivity index (χ1v) is 16.9. The van der Waals surface area contributed by atoms with Gasteiger partial charge in [-0.3, -0.25) is 4.79 Å². The van der Waals surface area contributed by atoms with E-state index in [4.69, 9.17) is 37.4 Å². The van der Waals surface area contributed by atoms with Crippen molar-refractivity contribution in [3.05, 3.63) is 75.0 Å². The average Bonchev–Trinajstić information content (AvgIpc) is 3.34. The van der Waals surface area contributed by atoms with Gasteiger partial charge in [0.25, 0.3) is 5.91 Å². The minimum absolute atomic E-state index is 0.0683. The molecule has 3 unspecified atom stereocenters. The van der Waals surface area contributed by atoms with Gasteiger partial charge in [0.2, 0.25) is 0 Å². The second-order valence-corrected chi connectivity index (χ2v) is 13.8. The van der Waals surface area contributed by atoms with Crippen LogP contribution in [-0.4, -0.2) is 81.1 Å². The SMILES string of the molecule is COC(=O)c1cc(F)c(-c2cccc3c2OCN(C(=O)c2c(Cl)cc(N4C[C@@H]5CCC4CN5)cc2Cl)C3)cc1N1C2CCC1COC2. The number of methoxy groups -OCH3 is 1. The molecular formula is C35H35Cl2FN4O5. The second kappa shape index (κ2) is 12.1. The third-order valence-electron chi connectivity index (χ3n) is 10.3. The van der Waals surface area contributed by atoms with Crippen molar-refractivity contribution in [3.8, 4) is 16.9 Å². The van der Waals surface area contributed by atoms with Crippen LogP contribution in [0.3, 0.4) is 0 Å². The van der Waals surface area contributed by atoms with Gasteiger partial charge in [-0.25, -0.2) is 9.18 Å². The second-order valence-electron chi connectivity index (χ2n) is 13.0. The van der Waals surface area contributed by atoms with Crippen LogP contribution in [0.25, 0.3) is 11.1 Å². The van der Waals surface area contributed by atoms with Crippen LogP contribution in [0.1, 0.15) is 52.0 Å². The zero-order valence-corrected chi connectivity index (χ0v) is 27.5. The maximum atomic E-state index is 15.9. The lowest BCUT2D eigenvalue weighted by Crippen LogP contribution is -2.61. The Kier molecular flexibility index (Phi) is 7.95. The number of esters is 1. The van der Waals surface area contributed by atoms with Crippen molar-refractivity contribution in [1.29, 1.82) is 0 Å². The monoisotopic (exact) mass is 680 g/mol. The smallest absolute Gasteiger partial charge is 0.340 e. The molecule has 12 heteroatoms. The molecule has 0 radical (unpaired) electrons. The van der Waals surface area contributed by atoms with Gasteiger partial charge < -0.3 is 34.2 Å². The highest BCUT2D eigenvalue weighted by atomic mass is 35.5. The highest BCUT2D eigenvalue weighted by Gasteiger charge is 2.40. The van der Waals surface area contributed by atoms with Crippen molar-refractivity contribution >= 4 is 46.5 Å². The molecule has 3 aromatic rings. The number of fused-ring (bicyclic) bond motifs is 6. The molecule has 6 aliphatic rings. The average molecular weight is 682 g/mol. The lowest BCUT2D eigenvalue weighted by atomic mass is 9.92. The van der Waals surface area contributed by atoms with Gasteiger partial charge >= 0.3 is 5.97 Å². The number of morpholine rings is 1. The molecule has 5 saturated heterocycles. The maximum Gasteiger partial charge on any atom is 0.340 e. The van der Waals surface area contributed by atoms with E-state index in [0.717, 1.165) is 44.5 Å². The van der Waals surface area contributed by atoms with E-state index in [0.29, 0.717) is 63.5 Å². The first-order chi connectivity index (χ1) is 22.8. The third-order valence-corrected chi connectivity index (χ3v) is 10.9. The molecule has 3 aromatic carbocycles. The lowest BCUT2D eigenvalue weighted by Gasteiger charge is -2.47. The summed E-state index contributed by atoms with van der Waals surface area (Å²) in [5.74, 6) is -1.02. The molecule has 6 aliphatic heterocycles. The van der Waals surface area contributed by atoms with E-state index in [1.54, 1.807) is 17.0 Å². The fourth-order valence-corrected chi connectivity index (χ4v) is 8.64. The summed E-state index contributed by atoms with van der Waals surface area (Å²) in [5, 5.41) is 4.14. The van der Waals surface area contributed by atoms with Crippen molar-refractivity contribution in [2.24, 2.45) is 0 Å². The van der Waals surface area contributed by atoms with E-state index in [2.05, 4.69) is 15.1 Å². The van der Waals surface area contributed by atoms with Gasteiger partial charge in [-0.05, 0) is 49.9 Å². The largest absolute Gasteiger partial charge is 0.472 e. The van der Waals surface area contributed by atoms with E-state index in [9.17, 15) is 9.59 Å². The summed E-state index contributed by atoms with van der Waals surface area (Å²) in [4.78, 5) is 32.7. The van der Waals surface area contributed by atoms with Gasteiger partial charge in [-0.1, -0.05) is 41.4 Å². The Bertz CT molecular complexity index is 1730. The van der Waals surface area contributed by atoms with Gasteiger partial charge in [-0.15, -0.1) is 0 Å². The number of nitrogens with zero attached hydrogens (tertiary/aromatic N) is 3. The number of ether oxygens (including phenoxy) is 3. The topological polar surface area (TPSA) is 83.6 Å². The number of piperidine rings is 2. The van der Waals surface area contributed by atoms with Crippen molar-refractivity contribution in [3.63, 3.8) is 0 Å². The summed E-state index contributed by atoms with van der Waals surface area (Å²) < 4.78 is 32.9. The normalized spacial score (nSPS) is 24.6. The number of carbonyl (C=O) groups excluding carboxylic acids is 2. The van der Waals surface area contributed by atoms with Crippen LogP contribution in [0.2, 0.25) is 10.0 Å². The van der Waals surface area contributed by atoms with Crippen LogP contribution < -0.4 is 19.9 Å². The molecule has 9 nitrogen and oxygen atoms in total. The van der Waals surface area contributed by atoms with E-state index in [1.807, 2.05) is 24.3 Å². The molecule has 1 N–H and O–H groups in total. The zero-order chi connectivity index (χ0) is 32.4. The highest BCUT2D eigenvalue weighted by molar-refractivity contribution is 6.40. The number of amides is 1. The van der Waals surface area contributed by atoms with Crippen molar-refractivity contribution in [2.75, 3.05) is 49.9 Å².